The molecule has 15 heavy (non-hydrogen) atoms. The Labute approximate surface area is 91.7 Å². The zero-order valence-corrected chi connectivity index (χ0v) is 9.57. The highest BCUT2D eigenvalue weighted by atomic mass is 16.1. The molecule has 0 saturated carbocycles. The molecule has 1 aromatic rings. The molecule has 0 spiro atoms. The molecular formula is C13H19NO. The van der Waals surface area contributed by atoms with E-state index in [9.17, 15) is 4.79 Å². The molecule has 2 heteroatoms. The van der Waals surface area contributed by atoms with Crippen molar-refractivity contribution in [1.82, 2.24) is 4.98 Å². The molecule has 2 nitrogen and oxygen atoms in total. The Bertz CT molecular complexity index is 295. The van der Waals surface area contributed by atoms with Gasteiger partial charge in [-0.15, -0.1) is 0 Å². The number of hydrogen-bond acceptors (Lipinski definition) is 2. The molecule has 1 atom stereocenters. The molecule has 0 N–H and O–H groups in total. The lowest BCUT2D eigenvalue weighted by Crippen LogP contribution is -2.07. The van der Waals surface area contributed by atoms with Gasteiger partial charge in [-0.05, 0) is 36.5 Å². The van der Waals surface area contributed by atoms with Crippen LogP contribution in [0.5, 0.6) is 0 Å². The first-order valence-corrected chi connectivity index (χ1v) is 5.63. The number of Topliss-reactive ketones (excluding diaryl/α,β-unsaturated/α-hetero) is 1. The monoisotopic (exact) mass is 205 g/mol. The number of carbonyl (C=O) groups excluding carboxylic acids is 1. The van der Waals surface area contributed by atoms with Gasteiger partial charge in [-0.2, -0.15) is 0 Å². The summed E-state index contributed by atoms with van der Waals surface area (Å²) >= 11 is 0. The van der Waals surface area contributed by atoms with Crippen molar-refractivity contribution in [2.24, 2.45) is 5.92 Å². The van der Waals surface area contributed by atoms with E-state index in [1.807, 2.05) is 19.1 Å². The SMILES string of the molecule is CCCC(=O)CC(C)Cc1ccncc1. The Kier molecular flexibility index (Phi) is 5.02. The number of rotatable bonds is 6. The second-order valence-corrected chi connectivity index (χ2v) is 4.16. The maximum Gasteiger partial charge on any atom is 0.133 e. The minimum Gasteiger partial charge on any atom is -0.300 e. The van der Waals surface area contributed by atoms with Gasteiger partial charge in [0.2, 0.25) is 0 Å². The molecule has 0 aromatic carbocycles. The Morgan fingerprint density at radius 1 is 1.40 bits per heavy atom. The van der Waals surface area contributed by atoms with Crippen LogP contribution in [0.15, 0.2) is 24.5 Å². The largest absolute Gasteiger partial charge is 0.300 e. The van der Waals surface area contributed by atoms with E-state index < -0.39 is 0 Å². The van der Waals surface area contributed by atoms with Gasteiger partial charge in [0.25, 0.3) is 0 Å². The first-order chi connectivity index (χ1) is 7.22. The average molecular weight is 205 g/mol. The third-order valence-electron chi connectivity index (χ3n) is 2.44. The predicted molar refractivity (Wildman–Crippen MR) is 61.6 cm³/mol. The summed E-state index contributed by atoms with van der Waals surface area (Å²) in [4.78, 5) is 15.4. The number of pyridine rings is 1. The van der Waals surface area contributed by atoms with Crippen molar-refractivity contribution in [3.05, 3.63) is 30.1 Å². The molecule has 0 fully saturated rings. The van der Waals surface area contributed by atoms with Crippen LogP contribution in [0.25, 0.3) is 0 Å². The van der Waals surface area contributed by atoms with Crippen LogP contribution in [0.1, 0.15) is 38.7 Å². The standard InChI is InChI=1S/C13H19NO/c1-3-4-13(15)10-11(2)9-12-5-7-14-8-6-12/h5-8,11H,3-4,9-10H2,1-2H3. The smallest absolute Gasteiger partial charge is 0.133 e. The lowest BCUT2D eigenvalue weighted by molar-refractivity contribution is -0.119. The molecule has 1 rings (SSSR count). The number of carbonyl (C=O) groups is 1. The summed E-state index contributed by atoms with van der Waals surface area (Å²) in [5.74, 6) is 0.825. The molecule has 0 aliphatic heterocycles. The number of aromatic nitrogens is 1. The number of ketones is 1. The quantitative estimate of drug-likeness (QED) is 0.714. The van der Waals surface area contributed by atoms with Crippen LogP contribution in [0, 0.1) is 5.92 Å². The molecule has 0 amide bonds. The highest BCUT2D eigenvalue weighted by molar-refractivity contribution is 5.78. The van der Waals surface area contributed by atoms with Gasteiger partial charge in [0, 0.05) is 25.2 Å². The molecule has 0 radical (unpaired) electrons. The van der Waals surface area contributed by atoms with Crippen LogP contribution in [0.2, 0.25) is 0 Å². The third kappa shape index (κ3) is 4.73. The topological polar surface area (TPSA) is 30.0 Å². The van der Waals surface area contributed by atoms with E-state index in [1.165, 1.54) is 5.56 Å². The minimum atomic E-state index is 0.388. The molecule has 0 bridgehead atoms. The van der Waals surface area contributed by atoms with Crippen molar-refractivity contribution in [3.8, 4) is 0 Å². The number of nitrogens with zero attached hydrogens (tertiary/aromatic N) is 1. The zero-order valence-electron chi connectivity index (χ0n) is 9.57. The summed E-state index contributed by atoms with van der Waals surface area (Å²) in [5.41, 5.74) is 1.27. The summed E-state index contributed by atoms with van der Waals surface area (Å²) in [7, 11) is 0. The second kappa shape index (κ2) is 6.33. The van der Waals surface area contributed by atoms with Crippen molar-refractivity contribution in [2.45, 2.75) is 39.5 Å². The van der Waals surface area contributed by atoms with E-state index in [4.69, 9.17) is 0 Å². The molecule has 0 aliphatic carbocycles. The van der Waals surface area contributed by atoms with Crippen LogP contribution in [-0.4, -0.2) is 10.8 Å². The molecule has 82 valence electrons. The Balaban J connectivity index is 2.36. The fourth-order valence-corrected chi connectivity index (χ4v) is 1.76. The Morgan fingerprint density at radius 2 is 2.07 bits per heavy atom. The first-order valence-electron chi connectivity index (χ1n) is 5.63. The molecular weight excluding hydrogens is 186 g/mol. The van der Waals surface area contributed by atoms with Crippen LogP contribution < -0.4 is 0 Å². The van der Waals surface area contributed by atoms with Crippen molar-refractivity contribution in [1.29, 1.82) is 0 Å². The summed E-state index contributed by atoms with van der Waals surface area (Å²) < 4.78 is 0. The summed E-state index contributed by atoms with van der Waals surface area (Å²) in [6.45, 7) is 4.18. The van der Waals surface area contributed by atoms with Crippen LogP contribution in [0.4, 0.5) is 0 Å². The van der Waals surface area contributed by atoms with Crippen LogP contribution >= 0.6 is 0 Å². The first kappa shape index (κ1) is 11.9. The van der Waals surface area contributed by atoms with Gasteiger partial charge in [0.1, 0.15) is 5.78 Å². The van der Waals surface area contributed by atoms with E-state index in [2.05, 4.69) is 11.9 Å². The van der Waals surface area contributed by atoms with E-state index in [1.54, 1.807) is 12.4 Å². The maximum absolute atomic E-state index is 11.4. The fourth-order valence-electron chi connectivity index (χ4n) is 1.76. The number of hydrogen-bond donors (Lipinski definition) is 0. The van der Waals surface area contributed by atoms with Crippen molar-refractivity contribution < 1.29 is 4.79 Å². The van der Waals surface area contributed by atoms with Gasteiger partial charge in [-0.3, -0.25) is 9.78 Å². The van der Waals surface area contributed by atoms with Crippen molar-refractivity contribution >= 4 is 5.78 Å². The summed E-state index contributed by atoms with van der Waals surface area (Å²) in [6, 6.07) is 4.03. The van der Waals surface area contributed by atoms with Gasteiger partial charge in [-0.25, -0.2) is 0 Å². The molecule has 1 aromatic heterocycles. The van der Waals surface area contributed by atoms with E-state index in [-0.39, 0.29) is 0 Å². The highest BCUT2D eigenvalue weighted by Gasteiger charge is 2.08. The summed E-state index contributed by atoms with van der Waals surface area (Å²) in [5, 5.41) is 0. The van der Waals surface area contributed by atoms with Gasteiger partial charge in [-0.1, -0.05) is 13.8 Å². The fraction of sp³-hybridized carbons (Fsp3) is 0.538. The molecule has 1 unspecified atom stereocenters. The summed E-state index contributed by atoms with van der Waals surface area (Å²) in [6.07, 6.45) is 6.96. The van der Waals surface area contributed by atoms with Crippen molar-refractivity contribution in [3.63, 3.8) is 0 Å². The van der Waals surface area contributed by atoms with Gasteiger partial charge in [0.15, 0.2) is 0 Å². The van der Waals surface area contributed by atoms with Crippen LogP contribution in [0.3, 0.4) is 0 Å². The van der Waals surface area contributed by atoms with Gasteiger partial charge >= 0.3 is 0 Å². The molecule has 0 aliphatic rings. The normalized spacial score (nSPS) is 12.4. The van der Waals surface area contributed by atoms with E-state index in [0.717, 1.165) is 19.3 Å². The highest BCUT2D eigenvalue weighted by Crippen LogP contribution is 2.12. The average Bonchev–Trinajstić information content (AvgIpc) is 2.19. The van der Waals surface area contributed by atoms with Crippen LogP contribution in [-0.2, 0) is 11.2 Å². The molecule has 1 heterocycles. The van der Waals surface area contributed by atoms with E-state index >= 15 is 0 Å². The lowest BCUT2D eigenvalue weighted by atomic mass is 9.95. The zero-order chi connectivity index (χ0) is 11.1. The lowest BCUT2D eigenvalue weighted by Gasteiger charge is -2.09. The molecule has 0 saturated heterocycles. The minimum absolute atomic E-state index is 0.388. The second-order valence-electron chi connectivity index (χ2n) is 4.16. The third-order valence-corrected chi connectivity index (χ3v) is 2.44. The van der Waals surface area contributed by atoms with Crippen molar-refractivity contribution in [2.75, 3.05) is 0 Å². The predicted octanol–water partition coefficient (Wildman–Crippen LogP) is 3.02. The van der Waals surface area contributed by atoms with E-state index in [0.29, 0.717) is 18.1 Å². The Morgan fingerprint density at radius 3 is 2.67 bits per heavy atom. The maximum atomic E-state index is 11.4. The van der Waals surface area contributed by atoms with Gasteiger partial charge in [0.05, 0.1) is 0 Å². The Hall–Kier alpha value is -1.18. The van der Waals surface area contributed by atoms with Gasteiger partial charge < -0.3 is 0 Å².